The van der Waals surface area contributed by atoms with Crippen molar-refractivity contribution in [2.45, 2.75) is 111 Å². The van der Waals surface area contributed by atoms with Crippen LogP contribution in [0.3, 0.4) is 0 Å². The predicted octanol–water partition coefficient (Wildman–Crippen LogP) is 5.48. The fraction of sp³-hybridized carbons (Fsp3) is 0.690. The number of para-hydroxylation sites is 1. The van der Waals surface area contributed by atoms with Gasteiger partial charge >= 0.3 is 0 Å². The van der Waals surface area contributed by atoms with Gasteiger partial charge in [0.2, 0.25) is 5.91 Å². The number of Topliss-reactive ketones (excluding diaryl/α,β-unsaturated/α-hetero) is 2. The highest BCUT2D eigenvalue weighted by molar-refractivity contribution is 7.86. The third-order valence-corrected chi connectivity index (χ3v) is 7.84. The van der Waals surface area contributed by atoms with Crippen molar-refractivity contribution in [1.29, 1.82) is 0 Å². The van der Waals surface area contributed by atoms with Gasteiger partial charge < -0.3 is 14.8 Å². The van der Waals surface area contributed by atoms with E-state index in [0.717, 1.165) is 0 Å². The van der Waals surface area contributed by atoms with Crippen LogP contribution in [-0.2, 0) is 34.0 Å². The number of hydrogen-bond donors (Lipinski definition) is 2. The van der Waals surface area contributed by atoms with Crippen molar-refractivity contribution in [3.8, 4) is 0 Å². The summed E-state index contributed by atoms with van der Waals surface area (Å²) in [7, 11) is -4.55. The van der Waals surface area contributed by atoms with E-state index in [1.165, 1.54) is 24.3 Å². The Morgan fingerprint density at radius 1 is 0.923 bits per heavy atom. The highest BCUT2D eigenvalue weighted by Crippen LogP contribution is 2.37. The van der Waals surface area contributed by atoms with Gasteiger partial charge in [0.25, 0.3) is 10.1 Å². The van der Waals surface area contributed by atoms with E-state index in [-0.39, 0.29) is 36.7 Å². The van der Waals surface area contributed by atoms with Crippen molar-refractivity contribution in [3.63, 3.8) is 0 Å². The van der Waals surface area contributed by atoms with Crippen LogP contribution >= 0.6 is 0 Å². The Labute approximate surface area is 234 Å². The van der Waals surface area contributed by atoms with E-state index in [9.17, 15) is 27.4 Å². The standard InChI is InChI=1S/C29H47NO8S/c1-19(38-27(5,6)7)24(32)28(8,9)29(10,11)37-17-16-20(25(33)26(2,3)4)18-23(31)30-21-14-12-13-15-22(21)39(34,35)36/h12-15,19-20H,16-18H2,1-11H3,(H,30,31)(H,34,35,36). The summed E-state index contributed by atoms with van der Waals surface area (Å²) >= 11 is 0. The largest absolute Gasteiger partial charge is 0.375 e. The zero-order valence-electron chi connectivity index (χ0n) is 25.3. The van der Waals surface area contributed by atoms with Crippen LogP contribution in [0.2, 0.25) is 0 Å². The van der Waals surface area contributed by atoms with Crippen molar-refractivity contribution in [2.75, 3.05) is 11.9 Å². The summed E-state index contributed by atoms with van der Waals surface area (Å²) in [5.41, 5.74) is -3.12. The quantitative estimate of drug-likeness (QED) is 0.298. The molecule has 1 amide bonds. The van der Waals surface area contributed by atoms with Gasteiger partial charge in [0.05, 0.1) is 22.3 Å². The lowest BCUT2D eigenvalue weighted by atomic mass is 9.72. The summed E-state index contributed by atoms with van der Waals surface area (Å²) in [5.74, 6) is -1.55. The Bertz CT molecular complexity index is 1140. The molecule has 2 N–H and O–H groups in total. The molecule has 0 radical (unpaired) electrons. The van der Waals surface area contributed by atoms with Gasteiger partial charge in [-0.3, -0.25) is 18.9 Å². The Morgan fingerprint density at radius 2 is 1.46 bits per heavy atom. The molecular weight excluding hydrogens is 522 g/mol. The normalized spacial score (nSPS) is 15.0. The van der Waals surface area contributed by atoms with Crippen LogP contribution in [0.25, 0.3) is 0 Å². The molecule has 0 aromatic heterocycles. The van der Waals surface area contributed by atoms with Crippen molar-refractivity contribution in [2.24, 2.45) is 16.7 Å². The molecule has 1 rings (SSSR count). The summed E-state index contributed by atoms with van der Waals surface area (Å²) in [6.45, 7) is 20.0. The number of rotatable bonds is 13. The van der Waals surface area contributed by atoms with E-state index in [1.807, 2.05) is 34.6 Å². The van der Waals surface area contributed by atoms with Crippen molar-refractivity contribution < 1.29 is 36.8 Å². The Kier molecular flexibility index (Phi) is 11.3. The molecule has 0 saturated heterocycles. The topological polar surface area (TPSA) is 136 Å². The maximum absolute atomic E-state index is 13.3. The summed E-state index contributed by atoms with van der Waals surface area (Å²) in [4.78, 5) is 39.0. The molecule has 2 atom stereocenters. The van der Waals surface area contributed by atoms with Gasteiger partial charge in [0.1, 0.15) is 16.8 Å². The molecule has 222 valence electrons. The molecule has 1 aromatic rings. The smallest absolute Gasteiger partial charge is 0.296 e. The predicted molar refractivity (Wildman–Crippen MR) is 151 cm³/mol. The minimum atomic E-state index is -4.55. The molecule has 0 aliphatic heterocycles. The van der Waals surface area contributed by atoms with Crippen LogP contribution in [0.15, 0.2) is 29.2 Å². The lowest BCUT2D eigenvalue weighted by Crippen LogP contribution is -2.51. The highest BCUT2D eigenvalue weighted by atomic mass is 32.2. The molecule has 0 bridgehead atoms. The second kappa shape index (κ2) is 12.6. The minimum absolute atomic E-state index is 0.0730. The lowest BCUT2D eigenvalue weighted by Gasteiger charge is -2.42. The van der Waals surface area contributed by atoms with Crippen molar-refractivity contribution in [1.82, 2.24) is 0 Å². The van der Waals surface area contributed by atoms with E-state index in [1.54, 1.807) is 41.5 Å². The van der Waals surface area contributed by atoms with E-state index in [4.69, 9.17) is 9.47 Å². The average molecular weight is 570 g/mol. The zero-order chi connectivity index (χ0) is 30.6. The lowest BCUT2D eigenvalue weighted by molar-refractivity contribution is -0.166. The van der Waals surface area contributed by atoms with Crippen LogP contribution in [0.5, 0.6) is 0 Å². The van der Waals surface area contributed by atoms with Crippen LogP contribution in [0.4, 0.5) is 5.69 Å². The Hall–Kier alpha value is -2.14. The van der Waals surface area contributed by atoms with Gasteiger partial charge in [-0.25, -0.2) is 0 Å². The second-order valence-electron chi connectivity index (χ2n) is 13.0. The first-order valence-electron chi connectivity index (χ1n) is 13.2. The zero-order valence-corrected chi connectivity index (χ0v) is 26.1. The first-order valence-corrected chi connectivity index (χ1v) is 14.6. The molecule has 0 aliphatic carbocycles. The van der Waals surface area contributed by atoms with E-state index < -0.39 is 55.0 Å². The van der Waals surface area contributed by atoms with Gasteiger partial charge in [0, 0.05) is 24.4 Å². The number of benzene rings is 1. The summed E-state index contributed by atoms with van der Waals surface area (Å²) in [6.07, 6.45) is -0.642. The fourth-order valence-electron chi connectivity index (χ4n) is 4.18. The van der Waals surface area contributed by atoms with Gasteiger partial charge in [-0.2, -0.15) is 8.42 Å². The molecule has 0 aliphatic rings. The van der Waals surface area contributed by atoms with Crippen LogP contribution in [-0.4, -0.2) is 54.4 Å². The van der Waals surface area contributed by atoms with Gasteiger partial charge in [-0.15, -0.1) is 0 Å². The van der Waals surface area contributed by atoms with Crippen LogP contribution in [0, 0.1) is 16.7 Å². The molecule has 2 unspecified atom stereocenters. The third kappa shape index (κ3) is 10.1. The maximum atomic E-state index is 13.3. The molecule has 0 saturated carbocycles. The van der Waals surface area contributed by atoms with E-state index >= 15 is 0 Å². The van der Waals surface area contributed by atoms with Gasteiger partial charge in [-0.05, 0) is 60.1 Å². The highest BCUT2D eigenvalue weighted by Gasteiger charge is 2.46. The molecule has 0 heterocycles. The number of ketones is 2. The van der Waals surface area contributed by atoms with E-state index in [0.29, 0.717) is 0 Å². The minimum Gasteiger partial charge on any atom is -0.375 e. The van der Waals surface area contributed by atoms with Gasteiger partial charge in [-0.1, -0.05) is 46.8 Å². The monoisotopic (exact) mass is 569 g/mol. The first-order chi connectivity index (χ1) is 17.4. The van der Waals surface area contributed by atoms with Gasteiger partial charge in [0.15, 0.2) is 5.78 Å². The maximum Gasteiger partial charge on any atom is 0.296 e. The molecule has 10 heteroatoms. The molecule has 1 aromatic carbocycles. The number of carbonyl (C=O) groups excluding carboxylic acids is 3. The second-order valence-corrected chi connectivity index (χ2v) is 14.4. The average Bonchev–Trinajstić information content (AvgIpc) is 2.74. The number of anilines is 1. The summed E-state index contributed by atoms with van der Waals surface area (Å²) in [6, 6.07) is 5.48. The fourth-order valence-corrected chi connectivity index (χ4v) is 4.83. The Morgan fingerprint density at radius 3 is 1.95 bits per heavy atom. The SMILES string of the molecule is CC(OC(C)(C)C)C(=O)C(C)(C)C(C)(C)OCCC(CC(=O)Nc1ccccc1S(=O)(=O)O)C(=O)C(C)(C)C. The molecular formula is C29H47NO8S. The first kappa shape index (κ1) is 34.9. The Balaban J connectivity index is 3.03. The van der Waals surface area contributed by atoms with Crippen LogP contribution in [0.1, 0.15) is 89.0 Å². The number of carbonyl (C=O) groups is 3. The summed E-state index contributed by atoms with van der Waals surface area (Å²) in [5, 5.41) is 2.50. The number of ether oxygens (including phenoxy) is 2. The molecule has 0 spiro atoms. The summed E-state index contributed by atoms with van der Waals surface area (Å²) < 4.78 is 44.9. The third-order valence-electron chi connectivity index (χ3n) is 6.93. The molecule has 9 nitrogen and oxygen atoms in total. The van der Waals surface area contributed by atoms with Crippen molar-refractivity contribution >= 4 is 33.3 Å². The van der Waals surface area contributed by atoms with Crippen LogP contribution < -0.4 is 5.32 Å². The van der Waals surface area contributed by atoms with E-state index in [2.05, 4.69) is 5.32 Å². The molecule has 0 fully saturated rings. The number of amides is 1. The number of nitrogens with one attached hydrogen (secondary N) is 1. The molecule has 39 heavy (non-hydrogen) atoms. The number of hydrogen-bond acceptors (Lipinski definition) is 7. The van der Waals surface area contributed by atoms with Crippen molar-refractivity contribution in [3.05, 3.63) is 24.3 Å².